The lowest BCUT2D eigenvalue weighted by Crippen LogP contribution is -2.40. The molecule has 2 N–H and O–H groups in total. The summed E-state index contributed by atoms with van der Waals surface area (Å²) in [6.07, 6.45) is -2.34. The number of H-pyrrole nitrogens is 1. The Hall–Kier alpha value is -3.05. The van der Waals surface area contributed by atoms with E-state index in [2.05, 4.69) is 15.5 Å². The summed E-state index contributed by atoms with van der Waals surface area (Å²) >= 11 is 12.1. The van der Waals surface area contributed by atoms with Crippen molar-refractivity contribution >= 4 is 34.8 Å². The van der Waals surface area contributed by atoms with E-state index in [0.29, 0.717) is 4.57 Å². The summed E-state index contributed by atoms with van der Waals surface area (Å²) in [6, 6.07) is 2.53. The van der Waals surface area contributed by atoms with Crippen LogP contribution in [0.4, 0.5) is 18.9 Å². The van der Waals surface area contributed by atoms with Crippen molar-refractivity contribution < 1.29 is 18.0 Å². The van der Waals surface area contributed by atoms with E-state index in [1.807, 2.05) is 0 Å². The van der Waals surface area contributed by atoms with Gasteiger partial charge in [-0.1, -0.05) is 23.2 Å². The van der Waals surface area contributed by atoms with Crippen LogP contribution in [0.15, 0.2) is 40.2 Å². The smallest absolute Gasteiger partial charge is 0.320 e. The van der Waals surface area contributed by atoms with Crippen LogP contribution in [-0.2, 0) is 13.2 Å². The minimum absolute atomic E-state index is 0.0209. The molecule has 29 heavy (non-hydrogen) atoms. The van der Waals surface area contributed by atoms with Crippen molar-refractivity contribution in [2.45, 2.75) is 6.18 Å². The van der Waals surface area contributed by atoms with Gasteiger partial charge in [-0.3, -0.25) is 19.3 Å². The summed E-state index contributed by atoms with van der Waals surface area (Å²) in [7, 11) is 0.868. The Bertz CT molecular complexity index is 1220. The van der Waals surface area contributed by atoms with Gasteiger partial charge in [0.15, 0.2) is 0 Å². The number of carbonyl (C=O) groups is 1. The molecule has 1 aromatic carbocycles. The first kappa shape index (κ1) is 20.7. The van der Waals surface area contributed by atoms with E-state index in [4.69, 9.17) is 23.2 Å². The maximum absolute atomic E-state index is 13.0. The summed E-state index contributed by atoms with van der Waals surface area (Å²) in [5.74, 6) is -0.610. The van der Waals surface area contributed by atoms with Crippen LogP contribution in [0.1, 0.15) is 16.1 Å². The van der Waals surface area contributed by atoms with Gasteiger partial charge < -0.3 is 5.32 Å². The summed E-state index contributed by atoms with van der Waals surface area (Å²) in [6.45, 7) is 0. The minimum atomic E-state index is -4.90. The normalized spacial score (nSPS) is 11.5. The first-order chi connectivity index (χ1) is 13.5. The molecule has 1 amide bonds. The van der Waals surface area contributed by atoms with Gasteiger partial charge in [-0.05, 0) is 12.1 Å². The molecule has 152 valence electrons. The molecule has 3 rings (SSSR count). The van der Waals surface area contributed by atoms with Gasteiger partial charge in [0.05, 0.1) is 33.2 Å². The Morgan fingerprint density at radius 3 is 2.45 bits per heavy atom. The van der Waals surface area contributed by atoms with Crippen LogP contribution < -0.4 is 16.6 Å². The molecule has 0 saturated heterocycles. The molecule has 0 aliphatic heterocycles. The second-order valence-corrected chi connectivity index (χ2v) is 6.58. The van der Waals surface area contributed by atoms with E-state index >= 15 is 0 Å². The zero-order valence-corrected chi connectivity index (χ0v) is 15.9. The second kappa shape index (κ2) is 7.41. The molecular weight excluding hydrogens is 438 g/mol. The van der Waals surface area contributed by atoms with Crippen molar-refractivity contribution in [3.05, 3.63) is 72.7 Å². The molecule has 0 unspecified atom stereocenters. The van der Waals surface area contributed by atoms with Gasteiger partial charge in [-0.25, -0.2) is 9.36 Å². The topological polar surface area (TPSA) is 102 Å². The second-order valence-electron chi connectivity index (χ2n) is 5.77. The molecule has 0 aliphatic carbocycles. The van der Waals surface area contributed by atoms with E-state index in [1.54, 1.807) is 0 Å². The largest absolute Gasteiger partial charge is 0.431 e. The lowest BCUT2D eigenvalue weighted by molar-refractivity contribution is -0.144. The number of amides is 1. The number of aromatic amines is 1. The number of hydrogen-bond acceptors (Lipinski definition) is 4. The van der Waals surface area contributed by atoms with Gasteiger partial charge in [0.25, 0.3) is 11.5 Å². The van der Waals surface area contributed by atoms with Crippen LogP contribution in [-0.4, -0.2) is 25.2 Å². The van der Waals surface area contributed by atoms with Crippen LogP contribution in [0.25, 0.3) is 5.69 Å². The zero-order chi connectivity index (χ0) is 21.5. The number of rotatable bonds is 3. The van der Waals surface area contributed by atoms with Gasteiger partial charge in [0.2, 0.25) is 0 Å². The quantitative estimate of drug-likeness (QED) is 0.644. The SMILES string of the molecule is Cn1c(C(F)(F)F)cc(=O)n(-c2cc(NC(=O)c3cn[nH]c3)c(Cl)cc2Cl)c1=O. The van der Waals surface area contributed by atoms with Crippen LogP contribution in [0, 0.1) is 0 Å². The average molecular weight is 448 g/mol. The van der Waals surface area contributed by atoms with Crippen LogP contribution in [0.2, 0.25) is 10.0 Å². The predicted molar refractivity (Wildman–Crippen MR) is 98.8 cm³/mol. The Balaban J connectivity index is 2.15. The maximum atomic E-state index is 13.0. The number of halogens is 5. The molecule has 0 saturated carbocycles. The maximum Gasteiger partial charge on any atom is 0.431 e. The van der Waals surface area contributed by atoms with Gasteiger partial charge >= 0.3 is 11.9 Å². The van der Waals surface area contributed by atoms with E-state index in [9.17, 15) is 27.6 Å². The third-order valence-corrected chi connectivity index (χ3v) is 4.51. The summed E-state index contributed by atoms with van der Waals surface area (Å²) < 4.78 is 39.8. The molecule has 0 spiro atoms. The van der Waals surface area contributed by atoms with Gasteiger partial charge in [0, 0.05) is 19.3 Å². The molecule has 0 aliphatic rings. The Morgan fingerprint density at radius 2 is 1.86 bits per heavy atom. The van der Waals surface area contributed by atoms with Crippen molar-refractivity contribution in [1.29, 1.82) is 0 Å². The molecule has 2 aromatic heterocycles. The highest BCUT2D eigenvalue weighted by Crippen LogP contribution is 2.31. The first-order valence-corrected chi connectivity index (χ1v) is 8.46. The van der Waals surface area contributed by atoms with E-state index in [0.717, 1.165) is 19.2 Å². The number of nitrogens with zero attached hydrogens (tertiary/aromatic N) is 3. The fraction of sp³-hybridized carbons (Fsp3) is 0.125. The number of aromatic nitrogens is 4. The highest BCUT2D eigenvalue weighted by atomic mass is 35.5. The summed E-state index contributed by atoms with van der Waals surface area (Å²) in [5, 5.41) is 8.32. The first-order valence-electron chi connectivity index (χ1n) is 7.70. The van der Waals surface area contributed by atoms with Crippen molar-refractivity contribution in [2.75, 3.05) is 5.32 Å². The lowest BCUT2D eigenvalue weighted by Gasteiger charge is -2.16. The zero-order valence-electron chi connectivity index (χ0n) is 14.3. The molecular formula is C16H10Cl2F3N5O3. The van der Waals surface area contributed by atoms with Crippen molar-refractivity contribution in [1.82, 2.24) is 19.3 Å². The van der Waals surface area contributed by atoms with Crippen LogP contribution in [0.5, 0.6) is 0 Å². The highest BCUT2D eigenvalue weighted by Gasteiger charge is 2.35. The highest BCUT2D eigenvalue weighted by molar-refractivity contribution is 6.37. The average Bonchev–Trinajstić information content (AvgIpc) is 3.15. The number of hydrogen-bond donors (Lipinski definition) is 2. The monoisotopic (exact) mass is 447 g/mol. The number of alkyl halides is 3. The summed E-state index contributed by atoms with van der Waals surface area (Å²) in [5.41, 5.74) is -4.05. The van der Waals surface area contributed by atoms with E-state index in [-0.39, 0.29) is 37.6 Å². The fourth-order valence-electron chi connectivity index (χ4n) is 2.49. The van der Waals surface area contributed by atoms with Crippen molar-refractivity contribution in [2.24, 2.45) is 7.05 Å². The molecule has 8 nitrogen and oxygen atoms in total. The Kier molecular flexibility index (Phi) is 5.28. The number of anilines is 1. The third-order valence-electron chi connectivity index (χ3n) is 3.90. The molecule has 3 aromatic rings. The number of carbonyl (C=O) groups excluding carboxylic acids is 1. The van der Waals surface area contributed by atoms with Gasteiger partial charge in [-0.2, -0.15) is 18.3 Å². The van der Waals surface area contributed by atoms with Crippen molar-refractivity contribution in [3.8, 4) is 5.69 Å². The van der Waals surface area contributed by atoms with E-state index in [1.165, 1.54) is 12.4 Å². The van der Waals surface area contributed by atoms with Gasteiger partial charge in [-0.15, -0.1) is 0 Å². The molecule has 0 atom stereocenters. The molecule has 13 heteroatoms. The molecule has 0 fully saturated rings. The summed E-state index contributed by atoms with van der Waals surface area (Å²) in [4.78, 5) is 36.9. The Labute approximate surface area is 169 Å². The van der Waals surface area contributed by atoms with Crippen LogP contribution >= 0.6 is 23.2 Å². The third kappa shape index (κ3) is 3.91. The van der Waals surface area contributed by atoms with E-state index < -0.39 is 29.0 Å². The molecule has 0 radical (unpaired) electrons. The predicted octanol–water partition coefficient (Wildman–Crippen LogP) is 2.84. The van der Waals surface area contributed by atoms with Gasteiger partial charge in [0.1, 0.15) is 5.69 Å². The lowest BCUT2D eigenvalue weighted by atomic mass is 10.2. The number of benzene rings is 1. The standard InChI is InChI=1S/C16H10Cl2F3N5O3/c1-25-12(16(19,20)21)4-13(27)26(15(25)29)11-3-10(8(17)2-9(11)18)24-14(28)7-5-22-23-6-7/h2-6H,1H3,(H,22,23)(H,24,28). The van der Waals surface area contributed by atoms with Crippen LogP contribution in [0.3, 0.4) is 0 Å². The number of nitrogens with one attached hydrogen (secondary N) is 2. The van der Waals surface area contributed by atoms with Crippen molar-refractivity contribution in [3.63, 3.8) is 0 Å². The Morgan fingerprint density at radius 1 is 1.17 bits per heavy atom. The molecule has 0 bridgehead atoms. The minimum Gasteiger partial charge on any atom is -0.320 e. The fourth-order valence-corrected chi connectivity index (χ4v) is 3.01. The molecule has 2 heterocycles.